The zero-order valence-corrected chi connectivity index (χ0v) is 15.7. The Labute approximate surface area is 151 Å². The van der Waals surface area contributed by atoms with E-state index in [2.05, 4.69) is 21.2 Å². The van der Waals surface area contributed by atoms with Gasteiger partial charge in [-0.15, -0.1) is 23.1 Å². The highest BCUT2D eigenvalue weighted by atomic mass is 79.9. The Morgan fingerprint density at radius 1 is 1.30 bits per heavy atom. The van der Waals surface area contributed by atoms with Crippen molar-refractivity contribution in [2.24, 2.45) is 0 Å². The van der Waals surface area contributed by atoms with Gasteiger partial charge in [0.1, 0.15) is 0 Å². The highest BCUT2D eigenvalue weighted by molar-refractivity contribution is 9.10. The summed E-state index contributed by atoms with van der Waals surface area (Å²) in [4.78, 5) is 25.7. The first-order valence-electron chi connectivity index (χ1n) is 6.92. The number of esters is 1. The summed E-state index contributed by atoms with van der Waals surface area (Å²) in [5.41, 5.74) is 0. The monoisotopic (exact) mass is 413 g/mol. The maximum absolute atomic E-state index is 11.9. The van der Waals surface area contributed by atoms with E-state index in [0.29, 0.717) is 6.54 Å². The highest BCUT2D eigenvalue weighted by Gasteiger charge is 2.17. The Hall–Kier alpha value is -1.31. The SMILES string of the molecule is C[C@@H](OC(=O)CSc1ccc(Br)cc1)C(=O)NCc1cccs1. The molecule has 7 heteroatoms. The number of rotatable bonds is 7. The van der Waals surface area contributed by atoms with E-state index in [9.17, 15) is 9.59 Å². The molecule has 0 unspecified atom stereocenters. The molecule has 1 aromatic carbocycles. The molecular weight excluding hydrogens is 398 g/mol. The van der Waals surface area contributed by atoms with Gasteiger partial charge < -0.3 is 10.1 Å². The average Bonchev–Trinajstić information content (AvgIpc) is 3.05. The van der Waals surface area contributed by atoms with Crippen LogP contribution in [-0.2, 0) is 20.9 Å². The zero-order valence-electron chi connectivity index (χ0n) is 12.5. The third kappa shape index (κ3) is 6.37. The molecule has 0 radical (unpaired) electrons. The van der Waals surface area contributed by atoms with Gasteiger partial charge in [-0.1, -0.05) is 22.0 Å². The second-order valence-electron chi connectivity index (χ2n) is 4.67. The number of ether oxygens (including phenoxy) is 1. The van der Waals surface area contributed by atoms with E-state index in [-0.39, 0.29) is 11.7 Å². The zero-order chi connectivity index (χ0) is 16.7. The molecule has 1 N–H and O–H groups in total. The number of carbonyl (C=O) groups excluding carboxylic acids is 2. The van der Waals surface area contributed by atoms with Crippen LogP contribution in [0.25, 0.3) is 0 Å². The van der Waals surface area contributed by atoms with E-state index < -0.39 is 12.1 Å². The molecule has 0 aliphatic rings. The van der Waals surface area contributed by atoms with Crippen molar-refractivity contribution in [3.05, 3.63) is 51.1 Å². The fourth-order valence-electron chi connectivity index (χ4n) is 1.69. The maximum atomic E-state index is 11.9. The van der Waals surface area contributed by atoms with Crippen LogP contribution in [0, 0.1) is 0 Å². The highest BCUT2D eigenvalue weighted by Crippen LogP contribution is 2.20. The topological polar surface area (TPSA) is 55.4 Å². The first-order chi connectivity index (χ1) is 11.0. The second-order valence-corrected chi connectivity index (χ2v) is 7.67. The standard InChI is InChI=1S/C16H16BrNO3S2/c1-11(16(20)18-9-14-3-2-8-22-14)21-15(19)10-23-13-6-4-12(17)5-7-13/h2-8,11H,9-10H2,1H3,(H,18,20)/t11-/m1/s1. The van der Waals surface area contributed by atoms with Crippen molar-refractivity contribution < 1.29 is 14.3 Å². The molecule has 2 aromatic rings. The number of hydrogen-bond acceptors (Lipinski definition) is 5. The predicted molar refractivity (Wildman–Crippen MR) is 96.6 cm³/mol. The second kappa shape index (κ2) is 9.10. The Kier molecular flexibility index (Phi) is 7.14. The Morgan fingerprint density at radius 3 is 2.70 bits per heavy atom. The van der Waals surface area contributed by atoms with Crippen molar-refractivity contribution in [2.45, 2.75) is 24.5 Å². The third-order valence-corrected chi connectivity index (χ3v) is 5.26. The Bertz CT molecular complexity index is 644. The lowest BCUT2D eigenvalue weighted by atomic mass is 10.3. The van der Waals surface area contributed by atoms with Crippen molar-refractivity contribution in [3.63, 3.8) is 0 Å². The first-order valence-corrected chi connectivity index (χ1v) is 9.58. The number of nitrogens with one attached hydrogen (secondary N) is 1. The molecule has 1 amide bonds. The molecule has 0 spiro atoms. The molecule has 1 heterocycles. The smallest absolute Gasteiger partial charge is 0.317 e. The summed E-state index contributed by atoms with van der Waals surface area (Å²) in [6, 6.07) is 11.5. The summed E-state index contributed by atoms with van der Waals surface area (Å²) in [5.74, 6) is -0.526. The van der Waals surface area contributed by atoms with Crippen LogP contribution in [0.2, 0.25) is 0 Å². The number of hydrogen-bond donors (Lipinski definition) is 1. The molecular formula is C16H16BrNO3S2. The number of thiophene rings is 1. The van der Waals surface area contributed by atoms with Gasteiger partial charge in [0.05, 0.1) is 12.3 Å². The van der Waals surface area contributed by atoms with Crippen LogP contribution < -0.4 is 5.32 Å². The fraction of sp³-hybridized carbons (Fsp3) is 0.250. The minimum absolute atomic E-state index is 0.171. The third-order valence-electron chi connectivity index (χ3n) is 2.86. The largest absolute Gasteiger partial charge is 0.452 e. The molecule has 0 aliphatic heterocycles. The first kappa shape index (κ1) is 18.0. The van der Waals surface area contributed by atoms with Gasteiger partial charge in [-0.25, -0.2) is 0 Å². The number of benzene rings is 1. The van der Waals surface area contributed by atoms with Gasteiger partial charge in [-0.05, 0) is 42.6 Å². The Balaban J connectivity index is 1.71. The lowest BCUT2D eigenvalue weighted by Gasteiger charge is -2.13. The molecule has 0 fully saturated rings. The molecule has 1 aromatic heterocycles. The van der Waals surface area contributed by atoms with Gasteiger partial charge >= 0.3 is 5.97 Å². The minimum atomic E-state index is -0.798. The average molecular weight is 414 g/mol. The molecule has 0 saturated carbocycles. The molecule has 2 rings (SSSR count). The van der Waals surface area contributed by atoms with E-state index in [1.165, 1.54) is 11.8 Å². The summed E-state index contributed by atoms with van der Waals surface area (Å²) < 4.78 is 6.14. The molecule has 0 aliphatic carbocycles. The van der Waals surface area contributed by atoms with Crippen LogP contribution in [0.15, 0.2) is 51.1 Å². The van der Waals surface area contributed by atoms with Gasteiger partial charge in [0.2, 0.25) is 0 Å². The van der Waals surface area contributed by atoms with Crippen molar-refractivity contribution >= 4 is 50.9 Å². The number of carbonyl (C=O) groups is 2. The van der Waals surface area contributed by atoms with Gasteiger partial charge in [-0.3, -0.25) is 9.59 Å². The van der Waals surface area contributed by atoms with Gasteiger partial charge in [-0.2, -0.15) is 0 Å². The van der Waals surface area contributed by atoms with Crippen LogP contribution in [0.4, 0.5) is 0 Å². The van der Waals surface area contributed by atoms with E-state index in [1.807, 2.05) is 41.8 Å². The van der Waals surface area contributed by atoms with E-state index >= 15 is 0 Å². The molecule has 122 valence electrons. The molecule has 0 saturated heterocycles. The normalized spacial score (nSPS) is 11.7. The molecule has 1 atom stereocenters. The fourth-order valence-corrected chi connectivity index (χ4v) is 3.28. The Morgan fingerprint density at radius 2 is 2.04 bits per heavy atom. The summed E-state index contributed by atoms with van der Waals surface area (Å²) in [6.45, 7) is 2.03. The quantitative estimate of drug-likeness (QED) is 0.553. The van der Waals surface area contributed by atoms with Crippen LogP contribution in [0.1, 0.15) is 11.8 Å². The summed E-state index contributed by atoms with van der Waals surface area (Å²) in [5, 5.41) is 4.70. The van der Waals surface area contributed by atoms with Crippen LogP contribution in [0.3, 0.4) is 0 Å². The van der Waals surface area contributed by atoms with Gasteiger partial charge in [0.25, 0.3) is 5.91 Å². The van der Waals surface area contributed by atoms with Crippen molar-refractivity contribution in [2.75, 3.05) is 5.75 Å². The number of halogens is 1. The van der Waals surface area contributed by atoms with Crippen LogP contribution in [0.5, 0.6) is 0 Å². The lowest BCUT2D eigenvalue weighted by Crippen LogP contribution is -2.35. The number of amides is 1. The predicted octanol–water partition coefficient (Wildman–Crippen LogP) is 3.85. The van der Waals surface area contributed by atoms with E-state index in [4.69, 9.17) is 4.74 Å². The molecule has 4 nitrogen and oxygen atoms in total. The maximum Gasteiger partial charge on any atom is 0.317 e. The molecule has 0 bridgehead atoms. The van der Waals surface area contributed by atoms with E-state index in [0.717, 1.165) is 14.2 Å². The van der Waals surface area contributed by atoms with Crippen LogP contribution >= 0.6 is 39.0 Å². The summed E-state index contributed by atoms with van der Waals surface area (Å²) >= 11 is 6.30. The van der Waals surface area contributed by atoms with E-state index in [1.54, 1.807) is 18.3 Å². The molecule has 23 heavy (non-hydrogen) atoms. The summed E-state index contributed by atoms with van der Waals surface area (Å²) in [6.07, 6.45) is -0.798. The van der Waals surface area contributed by atoms with Crippen molar-refractivity contribution in [3.8, 4) is 0 Å². The van der Waals surface area contributed by atoms with Gasteiger partial charge in [0, 0.05) is 14.2 Å². The van der Waals surface area contributed by atoms with Gasteiger partial charge in [0.15, 0.2) is 6.10 Å². The summed E-state index contributed by atoms with van der Waals surface area (Å²) in [7, 11) is 0. The van der Waals surface area contributed by atoms with Crippen LogP contribution in [-0.4, -0.2) is 23.7 Å². The minimum Gasteiger partial charge on any atom is -0.452 e. The lowest BCUT2D eigenvalue weighted by molar-refractivity contribution is -0.152. The van der Waals surface area contributed by atoms with Crippen molar-refractivity contribution in [1.82, 2.24) is 5.32 Å². The number of thioether (sulfide) groups is 1. The van der Waals surface area contributed by atoms with Crippen molar-refractivity contribution in [1.29, 1.82) is 0 Å².